The summed E-state index contributed by atoms with van der Waals surface area (Å²) >= 11 is 5.99. The molecule has 1 aliphatic rings. The molecule has 1 aliphatic heterocycles. The maximum absolute atomic E-state index is 14.1. The number of para-hydroxylation sites is 1. The molecule has 8 nitrogen and oxygen atoms in total. The van der Waals surface area contributed by atoms with Crippen LogP contribution >= 0.6 is 11.6 Å². The summed E-state index contributed by atoms with van der Waals surface area (Å²) in [4.78, 5) is 28.3. The summed E-state index contributed by atoms with van der Waals surface area (Å²) in [6, 6.07) is 13.0. The predicted octanol–water partition coefficient (Wildman–Crippen LogP) is 6.50. The predicted molar refractivity (Wildman–Crippen MR) is 141 cm³/mol. The summed E-state index contributed by atoms with van der Waals surface area (Å²) in [7, 11) is 1.48. The van der Waals surface area contributed by atoms with Gasteiger partial charge in [0, 0.05) is 42.6 Å². The van der Waals surface area contributed by atoms with Crippen molar-refractivity contribution in [2.75, 3.05) is 54.1 Å². The molecule has 0 aromatic heterocycles. The number of anilines is 4. The zero-order chi connectivity index (χ0) is 28.2. The molecule has 3 aromatic carbocycles. The van der Waals surface area contributed by atoms with Crippen LogP contribution in [-0.2, 0) is 6.18 Å². The molecule has 3 aromatic rings. The fourth-order valence-electron chi connectivity index (χ4n) is 4.06. The molecule has 1 saturated heterocycles. The van der Waals surface area contributed by atoms with Gasteiger partial charge < -0.3 is 30.5 Å². The number of amides is 4. The van der Waals surface area contributed by atoms with Crippen molar-refractivity contribution in [3.63, 3.8) is 0 Å². The lowest BCUT2D eigenvalue weighted by Crippen LogP contribution is -2.50. The van der Waals surface area contributed by atoms with E-state index in [1.807, 2.05) is 4.90 Å². The van der Waals surface area contributed by atoms with Crippen LogP contribution in [0.25, 0.3) is 0 Å². The average Bonchev–Trinajstić information content (AvgIpc) is 2.90. The van der Waals surface area contributed by atoms with E-state index in [9.17, 15) is 27.2 Å². The molecular weight excluding hydrogens is 542 g/mol. The second kappa shape index (κ2) is 11.7. The molecule has 0 atom stereocenters. The van der Waals surface area contributed by atoms with Crippen molar-refractivity contribution in [1.82, 2.24) is 4.90 Å². The van der Waals surface area contributed by atoms with Crippen molar-refractivity contribution < 1.29 is 31.9 Å². The van der Waals surface area contributed by atoms with E-state index in [0.29, 0.717) is 41.3 Å². The Hall–Kier alpha value is -4.19. The lowest BCUT2D eigenvalue weighted by atomic mass is 10.1. The Morgan fingerprint density at radius 1 is 0.923 bits per heavy atom. The number of hydrogen-bond acceptors (Lipinski definition) is 4. The number of urea groups is 2. The van der Waals surface area contributed by atoms with E-state index in [2.05, 4.69) is 16.0 Å². The summed E-state index contributed by atoms with van der Waals surface area (Å²) in [5.74, 6) is -0.710. The zero-order valence-electron chi connectivity index (χ0n) is 20.6. The summed E-state index contributed by atoms with van der Waals surface area (Å²) in [6.45, 7) is 1.23. The molecular formula is C26H24ClF4N5O3. The molecule has 0 spiro atoms. The number of rotatable bonds is 5. The highest BCUT2D eigenvalue weighted by molar-refractivity contribution is 6.31. The van der Waals surface area contributed by atoms with E-state index in [1.165, 1.54) is 12.0 Å². The lowest BCUT2D eigenvalue weighted by molar-refractivity contribution is -0.137. The number of nitrogens with zero attached hydrogens (tertiary/aromatic N) is 2. The first kappa shape index (κ1) is 27.8. The van der Waals surface area contributed by atoms with Gasteiger partial charge in [-0.15, -0.1) is 0 Å². The Balaban J connectivity index is 1.31. The van der Waals surface area contributed by atoms with E-state index < -0.39 is 35.3 Å². The van der Waals surface area contributed by atoms with Crippen LogP contribution < -0.4 is 25.6 Å². The molecule has 13 heteroatoms. The Kier molecular flexibility index (Phi) is 8.34. The van der Waals surface area contributed by atoms with Gasteiger partial charge in [-0.2, -0.15) is 13.2 Å². The molecule has 1 fully saturated rings. The molecule has 0 unspecified atom stereocenters. The van der Waals surface area contributed by atoms with Gasteiger partial charge in [0.05, 0.1) is 24.0 Å². The number of halogens is 5. The smallest absolute Gasteiger partial charge is 0.418 e. The number of alkyl halides is 3. The molecule has 3 N–H and O–H groups in total. The average molecular weight is 566 g/mol. The fourth-order valence-corrected chi connectivity index (χ4v) is 4.23. The van der Waals surface area contributed by atoms with E-state index in [0.717, 1.165) is 17.8 Å². The molecule has 0 saturated carbocycles. The lowest BCUT2D eigenvalue weighted by Gasteiger charge is -2.36. The quantitative estimate of drug-likeness (QED) is 0.308. The van der Waals surface area contributed by atoms with E-state index >= 15 is 0 Å². The Morgan fingerprint density at radius 2 is 1.62 bits per heavy atom. The monoisotopic (exact) mass is 565 g/mol. The summed E-state index contributed by atoms with van der Waals surface area (Å²) in [5, 5.41) is 7.91. The number of nitrogens with one attached hydrogen (secondary N) is 3. The first-order valence-electron chi connectivity index (χ1n) is 11.7. The molecule has 0 aliphatic carbocycles. The molecule has 4 rings (SSSR count). The SMILES string of the molecule is COc1ccc(Cl)cc1NC(=O)Nc1ccc(N2CCN(C(=O)Nc3c(F)cccc3C(F)(F)F)CC2)cc1. The number of piperazine rings is 1. The van der Waals surface area contributed by atoms with Crippen molar-refractivity contribution in [2.24, 2.45) is 0 Å². The first-order valence-corrected chi connectivity index (χ1v) is 12.1. The largest absolute Gasteiger partial charge is 0.495 e. The van der Waals surface area contributed by atoms with Crippen LogP contribution in [0, 0.1) is 5.82 Å². The Morgan fingerprint density at radius 3 is 2.26 bits per heavy atom. The molecule has 206 valence electrons. The van der Waals surface area contributed by atoms with Crippen molar-refractivity contribution in [3.8, 4) is 5.75 Å². The molecule has 1 heterocycles. The van der Waals surface area contributed by atoms with Gasteiger partial charge in [-0.3, -0.25) is 0 Å². The maximum atomic E-state index is 14.1. The third kappa shape index (κ3) is 6.82. The minimum atomic E-state index is -4.81. The molecule has 4 amide bonds. The maximum Gasteiger partial charge on any atom is 0.418 e. The minimum Gasteiger partial charge on any atom is -0.495 e. The molecule has 0 bridgehead atoms. The number of carbonyl (C=O) groups excluding carboxylic acids is 2. The summed E-state index contributed by atoms with van der Waals surface area (Å²) < 4.78 is 59.0. The summed E-state index contributed by atoms with van der Waals surface area (Å²) in [6.07, 6.45) is -4.81. The van der Waals surface area contributed by atoms with Gasteiger partial charge in [-0.25, -0.2) is 14.0 Å². The van der Waals surface area contributed by atoms with Crippen LogP contribution in [0.15, 0.2) is 60.7 Å². The minimum absolute atomic E-state index is 0.214. The number of ether oxygens (including phenoxy) is 1. The van der Waals surface area contributed by atoms with E-state index in [-0.39, 0.29) is 13.1 Å². The highest BCUT2D eigenvalue weighted by Crippen LogP contribution is 2.36. The Labute approximate surface area is 226 Å². The zero-order valence-corrected chi connectivity index (χ0v) is 21.4. The third-order valence-corrected chi connectivity index (χ3v) is 6.25. The van der Waals surface area contributed by atoms with Gasteiger partial charge in [0.15, 0.2) is 0 Å². The number of benzene rings is 3. The van der Waals surface area contributed by atoms with Gasteiger partial charge in [0.2, 0.25) is 0 Å². The normalized spacial score (nSPS) is 13.6. The molecule has 0 radical (unpaired) electrons. The highest BCUT2D eigenvalue weighted by atomic mass is 35.5. The van der Waals surface area contributed by atoms with Crippen molar-refractivity contribution >= 4 is 46.4 Å². The standard InChI is InChI=1S/C26H24ClF4N5O3/c1-39-22-10-5-16(27)15-21(22)33-24(37)32-17-6-8-18(9-7-17)35-11-13-36(14-12-35)25(38)34-23-19(26(29,30)31)3-2-4-20(23)28/h2-10,15H,11-14H2,1H3,(H,34,38)(H2,32,33,37). The van der Waals surface area contributed by atoms with Crippen LogP contribution in [-0.4, -0.2) is 50.3 Å². The first-order chi connectivity index (χ1) is 18.5. The number of hydrogen-bond donors (Lipinski definition) is 3. The van der Waals surface area contributed by atoms with Gasteiger partial charge >= 0.3 is 18.2 Å². The van der Waals surface area contributed by atoms with Gasteiger partial charge in [0.1, 0.15) is 11.6 Å². The van der Waals surface area contributed by atoms with Crippen molar-refractivity contribution in [3.05, 3.63) is 77.1 Å². The highest BCUT2D eigenvalue weighted by Gasteiger charge is 2.35. The fraction of sp³-hybridized carbons (Fsp3) is 0.231. The van der Waals surface area contributed by atoms with E-state index in [4.69, 9.17) is 16.3 Å². The second-order valence-corrected chi connectivity index (χ2v) is 8.97. The van der Waals surface area contributed by atoms with Gasteiger partial charge in [0.25, 0.3) is 0 Å². The summed E-state index contributed by atoms with van der Waals surface area (Å²) in [5.41, 5.74) is -0.376. The van der Waals surface area contributed by atoms with Gasteiger partial charge in [-0.05, 0) is 54.6 Å². The third-order valence-electron chi connectivity index (χ3n) is 6.02. The van der Waals surface area contributed by atoms with Crippen molar-refractivity contribution in [1.29, 1.82) is 0 Å². The Bertz CT molecular complexity index is 1350. The van der Waals surface area contributed by atoms with Crippen LogP contribution in [0.4, 0.5) is 49.9 Å². The molecule has 39 heavy (non-hydrogen) atoms. The number of carbonyl (C=O) groups is 2. The topological polar surface area (TPSA) is 85.9 Å². The number of methoxy groups -OCH3 is 1. The van der Waals surface area contributed by atoms with Gasteiger partial charge in [-0.1, -0.05) is 17.7 Å². The van der Waals surface area contributed by atoms with Crippen LogP contribution in [0.1, 0.15) is 5.56 Å². The van der Waals surface area contributed by atoms with Crippen LogP contribution in [0.5, 0.6) is 5.75 Å². The second-order valence-electron chi connectivity index (χ2n) is 8.54. The van der Waals surface area contributed by atoms with Crippen molar-refractivity contribution in [2.45, 2.75) is 6.18 Å². The van der Waals surface area contributed by atoms with Crippen LogP contribution in [0.2, 0.25) is 5.02 Å². The van der Waals surface area contributed by atoms with E-state index in [1.54, 1.807) is 42.5 Å². The van der Waals surface area contributed by atoms with Crippen LogP contribution in [0.3, 0.4) is 0 Å².